The van der Waals surface area contributed by atoms with Crippen LogP contribution in [0.3, 0.4) is 0 Å². The summed E-state index contributed by atoms with van der Waals surface area (Å²) in [6.45, 7) is 2.23. The SMILES string of the molecule is CC1CCCC(NC(=O)c2ccc(Cl)c([N+](=O)[O-])c2)CC1. The van der Waals surface area contributed by atoms with Gasteiger partial charge in [-0.3, -0.25) is 14.9 Å². The van der Waals surface area contributed by atoms with Crippen molar-refractivity contribution in [3.63, 3.8) is 0 Å². The minimum absolute atomic E-state index is 0.0415. The van der Waals surface area contributed by atoms with E-state index in [1.54, 1.807) is 0 Å². The molecular formula is C15H19ClN2O3. The maximum atomic E-state index is 12.2. The lowest BCUT2D eigenvalue weighted by atomic mass is 10.0. The monoisotopic (exact) mass is 310 g/mol. The molecule has 2 unspecified atom stereocenters. The molecule has 0 bridgehead atoms. The number of amides is 1. The van der Waals surface area contributed by atoms with E-state index < -0.39 is 4.92 Å². The van der Waals surface area contributed by atoms with E-state index in [9.17, 15) is 14.9 Å². The molecule has 1 aliphatic rings. The lowest BCUT2D eigenvalue weighted by Gasteiger charge is -2.16. The van der Waals surface area contributed by atoms with Crippen LogP contribution >= 0.6 is 11.6 Å². The average molecular weight is 311 g/mol. The van der Waals surface area contributed by atoms with Crippen molar-refractivity contribution in [2.24, 2.45) is 5.92 Å². The predicted molar refractivity (Wildman–Crippen MR) is 81.6 cm³/mol. The molecule has 5 nitrogen and oxygen atoms in total. The zero-order valence-corrected chi connectivity index (χ0v) is 12.7. The van der Waals surface area contributed by atoms with Crippen molar-refractivity contribution in [3.8, 4) is 0 Å². The Hall–Kier alpha value is -1.62. The summed E-state index contributed by atoms with van der Waals surface area (Å²) < 4.78 is 0. The molecule has 1 aliphatic carbocycles. The summed E-state index contributed by atoms with van der Waals surface area (Å²) in [4.78, 5) is 22.5. The molecule has 2 rings (SSSR count). The molecule has 0 heterocycles. The zero-order chi connectivity index (χ0) is 15.4. The second-order valence-corrected chi connectivity index (χ2v) is 6.11. The van der Waals surface area contributed by atoms with Crippen LogP contribution in [0.2, 0.25) is 5.02 Å². The van der Waals surface area contributed by atoms with E-state index in [4.69, 9.17) is 11.6 Å². The van der Waals surface area contributed by atoms with E-state index >= 15 is 0 Å². The molecule has 0 radical (unpaired) electrons. The second-order valence-electron chi connectivity index (χ2n) is 5.71. The van der Waals surface area contributed by atoms with Crippen LogP contribution in [0.1, 0.15) is 49.4 Å². The van der Waals surface area contributed by atoms with Gasteiger partial charge in [-0.25, -0.2) is 0 Å². The Morgan fingerprint density at radius 3 is 2.81 bits per heavy atom. The van der Waals surface area contributed by atoms with Crippen LogP contribution in [0.4, 0.5) is 5.69 Å². The minimum atomic E-state index is -0.577. The molecule has 1 saturated carbocycles. The van der Waals surface area contributed by atoms with Crippen molar-refractivity contribution >= 4 is 23.2 Å². The first-order chi connectivity index (χ1) is 9.97. The number of benzene rings is 1. The maximum absolute atomic E-state index is 12.2. The van der Waals surface area contributed by atoms with Crippen LogP contribution in [0.5, 0.6) is 0 Å². The van der Waals surface area contributed by atoms with E-state index in [-0.39, 0.29) is 28.2 Å². The molecule has 1 aromatic rings. The molecule has 0 saturated heterocycles. The summed E-state index contributed by atoms with van der Waals surface area (Å²) in [5, 5.41) is 13.9. The highest BCUT2D eigenvalue weighted by atomic mass is 35.5. The Labute approximate surface area is 128 Å². The fourth-order valence-electron chi connectivity index (χ4n) is 2.69. The molecule has 21 heavy (non-hydrogen) atoms. The molecule has 0 spiro atoms. The zero-order valence-electron chi connectivity index (χ0n) is 12.0. The number of nitro benzene ring substituents is 1. The Morgan fingerprint density at radius 2 is 2.10 bits per heavy atom. The lowest BCUT2D eigenvalue weighted by molar-refractivity contribution is -0.384. The molecule has 1 aromatic carbocycles. The molecule has 0 aliphatic heterocycles. The third kappa shape index (κ3) is 4.17. The van der Waals surface area contributed by atoms with Gasteiger partial charge in [-0.05, 0) is 37.3 Å². The van der Waals surface area contributed by atoms with Crippen LogP contribution in [-0.2, 0) is 0 Å². The van der Waals surface area contributed by atoms with Gasteiger partial charge in [-0.1, -0.05) is 31.4 Å². The molecular weight excluding hydrogens is 292 g/mol. The summed E-state index contributed by atoms with van der Waals surface area (Å²) in [6, 6.07) is 4.29. The van der Waals surface area contributed by atoms with Crippen molar-refractivity contribution in [2.75, 3.05) is 0 Å². The highest BCUT2D eigenvalue weighted by molar-refractivity contribution is 6.32. The number of carbonyl (C=O) groups is 1. The molecule has 1 amide bonds. The molecule has 1 N–H and O–H groups in total. The third-order valence-electron chi connectivity index (χ3n) is 4.00. The van der Waals surface area contributed by atoms with Crippen molar-refractivity contribution in [3.05, 3.63) is 38.9 Å². The van der Waals surface area contributed by atoms with Crippen LogP contribution < -0.4 is 5.32 Å². The summed E-state index contributed by atoms with van der Waals surface area (Å²) in [5.41, 5.74) is 0.0437. The van der Waals surface area contributed by atoms with Gasteiger partial charge in [-0.2, -0.15) is 0 Å². The Bertz CT molecular complexity index is 548. The maximum Gasteiger partial charge on any atom is 0.288 e. The third-order valence-corrected chi connectivity index (χ3v) is 4.32. The topological polar surface area (TPSA) is 72.2 Å². The predicted octanol–water partition coefficient (Wildman–Crippen LogP) is 3.95. The number of nitrogens with one attached hydrogen (secondary N) is 1. The Morgan fingerprint density at radius 1 is 1.33 bits per heavy atom. The molecule has 6 heteroatoms. The molecule has 1 fully saturated rings. The first-order valence-electron chi connectivity index (χ1n) is 7.22. The average Bonchev–Trinajstić information content (AvgIpc) is 2.64. The van der Waals surface area contributed by atoms with Gasteiger partial charge in [0.1, 0.15) is 5.02 Å². The van der Waals surface area contributed by atoms with Gasteiger partial charge in [0.05, 0.1) is 4.92 Å². The number of nitrogens with zero attached hydrogens (tertiary/aromatic N) is 1. The number of hydrogen-bond acceptors (Lipinski definition) is 3. The standard InChI is InChI=1S/C15H19ClN2O3/c1-10-3-2-4-12(7-5-10)17-15(19)11-6-8-13(16)14(9-11)18(20)21/h6,8-10,12H,2-5,7H2,1H3,(H,17,19). The number of halogens is 1. The van der Waals surface area contributed by atoms with Crippen molar-refractivity contribution in [2.45, 2.75) is 45.1 Å². The molecule has 0 aromatic heterocycles. The molecule has 114 valence electrons. The Balaban J connectivity index is 2.06. The smallest absolute Gasteiger partial charge is 0.288 e. The van der Waals surface area contributed by atoms with E-state index in [2.05, 4.69) is 12.2 Å². The summed E-state index contributed by atoms with van der Waals surface area (Å²) in [5.74, 6) is 0.429. The van der Waals surface area contributed by atoms with E-state index in [1.165, 1.54) is 24.6 Å². The number of rotatable bonds is 3. The summed E-state index contributed by atoms with van der Waals surface area (Å²) in [7, 11) is 0. The van der Waals surface area contributed by atoms with E-state index in [0.717, 1.165) is 25.7 Å². The quantitative estimate of drug-likeness (QED) is 0.522. The van der Waals surface area contributed by atoms with Gasteiger partial charge in [0.15, 0.2) is 0 Å². The van der Waals surface area contributed by atoms with Gasteiger partial charge in [0, 0.05) is 17.7 Å². The number of carbonyl (C=O) groups excluding carboxylic acids is 1. The second kappa shape index (κ2) is 6.89. The fraction of sp³-hybridized carbons (Fsp3) is 0.533. The summed E-state index contributed by atoms with van der Waals surface area (Å²) in [6.07, 6.45) is 5.33. The first-order valence-corrected chi connectivity index (χ1v) is 7.60. The first kappa shape index (κ1) is 15.8. The van der Waals surface area contributed by atoms with Crippen LogP contribution in [-0.4, -0.2) is 16.9 Å². The highest BCUT2D eigenvalue weighted by Crippen LogP contribution is 2.26. The largest absolute Gasteiger partial charge is 0.349 e. The van der Waals surface area contributed by atoms with Gasteiger partial charge in [0.2, 0.25) is 0 Å². The van der Waals surface area contributed by atoms with Gasteiger partial charge in [-0.15, -0.1) is 0 Å². The number of nitro groups is 1. The van der Waals surface area contributed by atoms with Crippen molar-refractivity contribution < 1.29 is 9.72 Å². The van der Waals surface area contributed by atoms with Gasteiger partial charge >= 0.3 is 0 Å². The lowest BCUT2D eigenvalue weighted by Crippen LogP contribution is -2.34. The number of hydrogen-bond donors (Lipinski definition) is 1. The minimum Gasteiger partial charge on any atom is -0.349 e. The summed E-state index contributed by atoms with van der Waals surface area (Å²) >= 11 is 5.75. The highest BCUT2D eigenvalue weighted by Gasteiger charge is 2.20. The molecule has 2 atom stereocenters. The van der Waals surface area contributed by atoms with Crippen LogP contribution in [0.25, 0.3) is 0 Å². The fourth-order valence-corrected chi connectivity index (χ4v) is 2.88. The van der Waals surface area contributed by atoms with E-state index in [0.29, 0.717) is 5.92 Å². The van der Waals surface area contributed by atoms with Crippen LogP contribution in [0.15, 0.2) is 18.2 Å². The normalized spacial score (nSPS) is 22.4. The van der Waals surface area contributed by atoms with Crippen molar-refractivity contribution in [1.29, 1.82) is 0 Å². The van der Waals surface area contributed by atoms with Gasteiger partial charge < -0.3 is 5.32 Å². The van der Waals surface area contributed by atoms with Crippen LogP contribution in [0, 0.1) is 16.0 Å². The van der Waals surface area contributed by atoms with E-state index in [1.807, 2.05) is 0 Å². The Kier molecular flexibility index (Phi) is 5.17. The van der Waals surface area contributed by atoms with Gasteiger partial charge in [0.25, 0.3) is 11.6 Å². The van der Waals surface area contributed by atoms with Crippen molar-refractivity contribution in [1.82, 2.24) is 5.32 Å².